The van der Waals surface area contributed by atoms with Crippen LogP contribution in [0.25, 0.3) is 11.1 Å². The molecule has 1 heterocycles. The zero-order valence-electron chi connectivity index (χ0n) is 11.8. The molecule has 2 aromatic carbocycles. The number of hydrogen-bond acceptors (Lipinski definition) is 3. The summed E-state index contributed by atoms with van der Waals surface area (Å²) in [4.78, 5) is 18.2. The summed E-state index contributed by atoms with van der Waals surface area (Å²) in [5, 5.41) is 9.16. The topological polar surface area (TPSA) is 69.5 Å². The highest BCUT2D eigenvalue weighted by atomic mass is 16.1. The maximum Gasteiger partial charge on any atom is 0.254 e. The zero-order chi connectivity index (χ0) is 15.4. The lowest BCUT2D eigenvalue weighted by molar-refractivity contribution is 1.03. The van der Waals surface area contributed by atoms with Crippen molar-refractivity contribution in [2.45, 2.75) is 6.42 Å². The van der Waals surface area contributed by atoms with Crippen LogP contribution in [0, 0.1) is 11.3 Å². The number of H-pyrrole nitrogens is 1. The predicted octanol–water partition coefficient (Wildman–Crippen LogP) is 2.90. The smallest absolute Gasteiger partial charge is 0.254 e. The number of nitrogens with one attached hydrogen (secondary N) is 1. The maximum absolute atomic E-state index is 11.7. The molecule has 4 nitrogen and oxygen atoms in total. The van der Waals surface area contributed by atoms with Crippen LogP contribution in [0.1, 0.15) is 16.7 Å². The molecular formula is C18H13N3O. The van der Waals surface area contributed by atoms with Gasteiger partial charge < -0.3 is 4.98 Å². The quantitative estimate of drug-likeness (QED) is 0.805. The Balaban J connectivity index is 1.89. The summed E-state index contributed by atoms with van der Waals surface area (Å²) in [6, 6.07) is 17.6. The molecule has 0 saturated heterocycles. The largest absolute Gasteiger partial charge is 0.313 e. The van der Waals surface area contributed by atoms with E-state index in [1.807, 2.05) is 42.5 Å². The number of benzene rings is 2. The van der Waals surface area contributed by atoms with Gasteiger partial charge in [-0.05, 0) is 22.8 Å². The minimum atomic E-state index is -0.117. The fourth-order valence-corrected chi connectivity index (χ4v) is 2.35. The van der Waals surface area contributed by atoms with Crippen molar-refractivity contribution in [2.75, 3.05) is 0 Å². The molecule has 0 aliphatic heterocycles. The molecule has 0 aliphatic carbocycles. The van der Waals surface area contributed by atoms with Crippen molar-refractivity contribution >= 4 is 0 Å². The average Bonchev–Trinajstić information content (AvgIpc) is 2.58. The van der Waals surface area contributed by atoms with E-state index in [2.05, 4.69) is 16.0 Å². The number of rotatable bonds is 3. The molecule has 0 saturated carbocycles. The first-order valence-electron chi connectivity index (χ1n) is 6.88. The Morgan fingerprint density at radius 2 is 1.86 bits per heavy atom. The Kier molecular flexibility index (Phi) is 3.80. The van der Waals surface area contributed by atoms with Crippen molar-refractivity contribution < 1.29 is 0 Å². The number of nitriles is 1. The van der Waals surface area contributed by atoms with Crippen molar-refractivity contribution in [1.82, 2.24) is 9.97 Å². The first kappa shape index (κ1) is 13.8. The van der Waals surface area contributed by atoms with Gasteiger partial charge in [-0.3, -0.25) is 4.79 Å². The van der Waals surface area contributed by atoms with E-state index in [0.29, 0.717) is 17.5 Å². The Labute approximate surface area is 127 Å². The third-order valence-electron chi connectivity index (χ3n) is 3.50. The van der Waals surface area contributed by atoms with Crippen molar-refractivity contribution in [3.63, 3.8) is 0 Å². The summed E-state index contributed by atoms with van der Waals surface area (Å²) in [7, 11) is 0. The molecule has 1 N–H and O–H groups in total. The summed E-state index contributed by atoms with van der Waals surface area (Å²) >= 11 is 0. The molecule has 0 aliphatic rings. The minimum absolute atomic E-state index is 0.117. The van der Waals surface area contributed by atoms with Gasteiger partial charge in [0.05, 0.1) is 18.0 Å². The molecular weight excluding hydrogens is 274 g/mol. The van der Waals surface area contributed by atoms with Crippen molar-refractivity contribution in [2.24, 2.45) is 0 Å². The molecule has 0 fully saturated rings. The number of aromatic nitrogens is 2. The normalized spacial score (nSPS) is 10.1. The maximum atomic E-state index is 11.7. The van der Waals surface area contributed by atoms with Gasteiger partial charge in [0.25, 0.3) is 5.56 Å². The summed E-state index contributed by atoms with van der Waals surface area (Å²) in [6.45, 7) is 0. The Morgan fingerprint density at radius 3 is 2.59 bits per heavy atom. The minimum Gasteiger partial charge on any atom is -0.313 e. The second kappa shape index (κ2) is 6.06. The first-order chi connectivity index (χ1) is 10.8. The monoisotopic (exact) mass is 287 g/mol. The molecule has 1 aromatic heterocycles. The van der Waals surface area contributed by atoms with E-state index in [1.54, 1.807) is 12.3 Å². The summed E-state index contributed by atoms with van der Waals surface area (Å²) in [5.74, 6) is 0. The lowest BCUT2D eigenvalue weighted by atomic mass is 9.98. The summed E-state index contributed by atoms with van der Waals surface area (Å²) in [5.41, 5.74) is 4.09. The molecule has 22 heavy (non-hydrogen) atoms. The van der Waals surface area contributed by atoms with Gasteiger partial charge in [0.1, 0.15) is 0 Å². The molecule has 3 aromatic rings. The molecule has 0 atom stereocenters. The van der Waals surface area contributed by atoms with E-state index in [4.69, 9.17) is 5.26 Å². The van der Waals surface area contributed by atoms with Crippen molar-refractivity contribution in [3.8, 4) is 17.2 Å². The van der Waals surface area contributed by atoms with Gasteiger partial charge in [-0.2, -0.15) is 5.26 Å². The van der Waals surface area contributed by atoms with Crippen LogP contribution in [0.4, 0.5) is 0 Å². The van der Waals surface area contributed by atoms with E-state index < -0.39 is 0 Å². The van der Waals surface area contributed by atoms with Crippen LogP contribution in [0.5, 0.6) is 0 Å². The molecule has 0 unspecified atom stereocenters. The van der Waals surface area contributed by atoms with Crippen LogP contribution < -0.4 is 5.56 Å². The Hall–Kier alpha value is -3.19. The third kappa shape index (κ3) is 2.79. The molecule has 4 heteroatoms. The van der Waals surface area contributed by atoms with Gasteiger partial charge >= 0.3 is 0 Å². The van der Waals surface area contributed by atoms with Crippen molar-refractivity contribution in [3.05, 3.63) is 88.1 Å². The number of hydrogen-bond donors (Lipinski definition) is 1. The van der Waals surface area contributed by atoms with Gasteiger partial charge in [-0.25, -0.2) is 4.98 Å². The fourth-order valence-electron chi connectivity index (χ4n) is 2.35. The average molecular weight is 287 g/mol. The van der Waals surface area contributed by atoms with Gasteiger partial charge in [-0.1, -0.05) is 42.5 Å². The second-order valence-corrected chi connectivity index (χ2v) is 4.94. The molecule has 0 spiro atoms. The SMILES string of the molecule is N#Cc1ccccc1-c1ccc(Cc2cnc[nH]c2=O)cc1. The second-order valence-electron chi connectivity index (χ2n) is 4.94. The zero-order valence-corrected chi connectivity index (χ0v) is 11.8. The van der Waals surface area contributed by atoms with Crippen LogP contribution in [-0.2, 0) is 6.42 Å². The van der Waals surface area contributed by atoms with E-state index >= 15 is 0 Å². The highest BCUT2D eigenvalue weighted by Gasteiger charge is 2.05. The molecule has 0 radical (unpaired) electrons. The number of aromatic amines is 1. The summed E-state index contributed by atoms with van der Waals surface area (Å²) in [6.07, 6.45) is 3.49. The van der Waals surface area contributed by atoms with Gasteiger partial charge in [0, 0.05) is 18.2 Å². The molecule has 0 amide bonds. The van der Waals surface area contributed by atoms with Crippen LogP contribution in [0.3, 0.4) is 0 Å². The molecule has 3 rings (SSSR count). The lowest BCUT2D eigenvalue weighted by Gasteiger charge is -2.06. The molecule has 0 bridgehead atoms. The van der Waals surface area contributed by atoms with E-state index in [9.17, 15) is 4.79 Å². The summed E-state index contributed by atoms with van der Waals surface area (Å²) < 4.78 is 0. The van der Waals surface area contributed by atoms with Crippen LogP contribution in [0.2, 0.25) is 0 Å². The Morgan fingerprint density at radius 1 is 1.09 bits per heavy atom. The van der Waals surface area contributed by atoms with Gasteiger partial charge in [0.2, 0.25) is 0 Å². The Bertz CT molecular complexity index is 889. The fraction of sp³-hybridized carbons (Fsp3) is 0.0556. The van der Waals surface area contributed by atoms with E-state index in [1.165, 1.54) is 6.33 Å². The van der Waals surface area contributed by atoms with Crippen molar-refractivity contribution in [1.29, 1.82) is 5.26 Å². The van der Waals surface area contributed by atoms with Gasteiger partial charge in [0.15, 0.2) is 0 Å². The highest BCUT2D eigenvalue weighted by Crippen LogP contribution is 2.23. The highest BCUT2D eigenvalue weighted by molar-refractivity contribution is 5.70. The van der Waals surface area contributed by atoms with Crippen LogP contribution in [0.15, 0.2) is 65.8 Å². The lowest BCUT2D eigenvalue weighted by Crippen LogP contribution is -2.12. The predicted molar refractivity (Wildman–Crippen MR) is 84.3 cm³/mol. The van der Waals surface area contributed by atoms with Crippen LogP contribution >= 0.6 is 0 Å². The first-order valence-corrected chi connectivity index (χ1v) is 6.88. The molecule has 106 valence electrons. The van der Waals surface area contributed by atoms with Crippen LogP contribution in [-0.4, -0.2) is 9.97 Å². The van der Waals surface area contributed by atoms with E-state index in [0.717, 1.165) is 16.7 Å². The number of nitrogens with zero attached hydrogens (tertiary/aromatic N) is 2. The van der Waals surface area contributed by atoms with Gasteiger partial charge in [-0.15, -0.1) is 0 Å². The third-order valence-corrected chi connectivity index (χ3v) is 3.50. The van der Waals surface area contributed by atoms with E-state index in [-0.39, 0.29) is 5.56 Å². The standard InChI is InChI=1S/C18H13N3O/c19-10-15-3-1-2-4-17(15)14-7-5-13(6-8-14)9-16-11-20-12-21-18(16)22/h1-8,11-12H,9H2,(H,20,21,22).